The minimum absolute atomic E-state index is 0.295. The highest BCUT2D eigenvalue weighted by atomic mass is 79.9. The zero-order valence-corrected chi connectivity index (χ0v) is 13.7. The number of nitrogens with zero attached hydrogens (tertiary/aromatic N) is 1. The minimum Gasteiger partial charge on any atom is -0.378 e. The Morgan fingerprint density at radius 1 is 1.24 bits per heavy atom. The Balaban J connectivity index is 1.88. The van der Waals surface area contributed by atoms with Gasteiger partial charge < -0.3 is 10.3 Å². The molecule has 0 aliphatic carbocycles. The quantitative estimate of drug-likeness (QED) is 0.683. The summed E-state index contributed by atoms with van der Waals surface area (Å²) >= 11 is 3.54. The number of benzene rings is 2. The molecule has 4 heteroatoms. The normalized spacial score (nSPS) is 12.5. The van der Waals surface area contributed by atoms with Crippen LogP contribution in [-0.2, 0) is 0 Å². The highest BCUT2D eigenvalue weighted by Gasteiger charge is 2.10. The van der Waals surface area contributed by atoms with Gasteiger partial charge in [-0.3, -0.25) is 0 Å². The number of halogens is 1. The largest absolute Gasteiger partial charge is 0.378 e. The van der Waals surface area contributed by atoms with E-state index < -0.39 is 0 Å². The molecular formula is C17H18BrN3. The van der Waals surface area contributed by atoms with Crippen LogP contribution in [-0.4, -0.2) is 9.97 Å². The van der Waals surface area contributed by atoms with E-state index in [9.17, 15) is 0 Å². The van der Waals surface area contributed by atoms with Crippen molar-refractivity contribution in [2.45, 2.75) is 26.3 Å². The molecular weight excluding hydrogens is 326 g/mol. The first kappa shape index (κ1) is 14.1. The molecule has 3 aromatic rings. The van der Waals surface area contributed by atoms with Gasteiger partial charge in [0.05, 0.1) is 17.1 Å². The van der Waals surface area contributed by atoms with Crippen LogP contribution < -0.4 is 5.32 Å². The van der Waals surface area contributed by atoms with Gasteiger partial charge in [-0.05, 0) is 49.2 Å². The second-order valence-electron chi connectivity index (χ2n) is 5.21. The Labute approximate surface area is 132 Å². The summed E-state index contributed by atoms with van der Waals surface area (Å²) in [5, 5.41) is 3.60. The molecule has 108 valence electrons. The lowest BCUT2D eigenvalue weighted by molar-refractivity contribution is 0.749. The van der Waals surface area contributed by atoms with Crippen molar-refractivity contribution >= 4 is 32.7 Å². The molecule has 0 bridgehead atoms. The molecule has 3 nitrogen and oxygen atoms in total. The van der Waals surface area contributed by atoms with Crippen LogP contribution in [0.25, 0.3) is 11.0 Å². The molecule has 0 aliphatic rings. The van der Waals surface area contributed by atoms with Crippen LogP contribution in [0.5, 0.6) is 0 Å². The predicted octanol–water partition coefficient (Wildman–Crippen LogP) is 5.20. The molecule has 0 aliphatic heterocycles. The molecule has 0 saturated carbocycles. The van der Waals surface area contributed by atoms with Crippen molar-refractivity contribution in [2.75, 3.05) is 5.32 Å². The number of aromatic amines is 1. The molecule has 1 atom stereocenters. The number of hydrogen-bond acceptors (Lipinski definition) is 2. The Morgan fingerprint density at radius 3 is 2.86 bits per heavy atom. The number of aromatic nitrogens is 2. The van der Waals surface area contributed by atoms with E-state index in [1.165, 1.54) is 5.56 Å². The maximum atomic E-state index is 4.43. The molecule has 0 fully saturated rings. The van der Waals surface area contributed by atoms with E-state index in [0.29, 0.717) is 6.04 Å². The van der Waals surface area contributed by atoms with E-state index in [1.807, 2.05) is 6.92 Å². The van der Waals surface area contributed by atoms with Crippen LogP contribution >= 0.6 is 15.9 Å². The van der Waals surface area contributed by atoms with Crippen molar-refractivity contribution < 1.29 is 0 Å². The van der Waals surface area contributed by atoms with Gasteiger partial charge in [0.1, 0.15) is 5.82 Å². The molecule has 2 aromatic carbocycles. The summed E-state index contributed by atoms with van der Waals surface area (Å²) in [4.78, 5) is 7.71. The third-order valence-corrected chi connectivity index (χ3v) is 4.09. The van der Waals surface area contributed by atoms with Crippen LogP contribution in [0.15, 0.2) is 46.9 Å². The summed E-state index contributed by atoms with van der Waals surface area (Å²) in [6.45, 7) is 4.17. The van der Waals surface area contributed by atoms with Gasteiger partial charge in [0.15, 0.2) is 0 Å². The SMILES string of the molecule is CCC(Nc1ccc2nc(C)[nH]c2c1)c1cccc(Br)c1. The minimum atomic E-state index is 0.295. The number of hydrogen-bond donors (Lipinski definition) is 2. The first-order valence-corrected chi connectivity index (χ1v) is 7.93. The van der Waals surface area contributed by atoms with E-state index in [0.717, 1.165) is 33.4 Å². The van der Waals surface area contributed by atoms with E-state index in [2.05, 4.69) is 80.6 Å². The number of aryl methyl sites for hydroxylation is 1. The number of rotatable bonds is 4. The fraction of sp³-hybridized carbons (Fsp3) is 0.235. The predicted molar refractivity (Wildman–Crippen MR) is 91.6 cm³/mol. The number of imidazole rings is 1. The van der Waals surface area contributed by atoms with Gasteiger partial charge in [-0.1, -0.05) is 35.0 Å². The number of H-pyrrole nitrogens is 1. The fourth-order valence-electron chi connectivity index (χ4n) is 2.57. The third-order valence-electron chi connectivity index (χ3n) is 3.60. The Bertz CT molecular complexity index is 764. The zero-order chi connectivity index (χ0) is 14.8. The lowest BCUT2D eigenvalue weighted by Gasteiger charge is -2.19. The van der Waals surface area contributed by atoms with Gasteiger partial charge >= 0.3 is 0 Å². The summed E-state index contributed by atoms with van der Waals surface area (Å²) in [6, 6.07) is 15.0. The number of anilines is 1. The smallest absolute Gasteiger partial charge is 0.104 e. The molecule has 0 amide bonds. The summed E-state index contributed by atoms with van der Waals surface area (Å²) in [5.74, 6) is 0.946. The summed E-state index contributed by atoms with van der Waals surface area (Å²) in [6.07, 6.45) is 1.02. The van der Waals surface area contributed by atoms with E-state index in [1.54, 1.807) is 0 Å². The van der Waals surface area contributed by atoms with Crippen molar-refractivity contribution in [1.29, 1.82) is 0 Å². The van der Waals surface area contributed by atoms with Gasteiger partial charge in [-0.25, -0.2) is 4.98 Å². The number of fused-ring (bicyclic) bond motifs is 1. The van der Waals surface area contributed by atoms with Crippen molar-refractivity contribution in [1.82, 2.24) is 9.97 Å². The van der Waals surface area contributed by atoms with E-state index in [-0.39, 0.29) is 0 Å². The lowest BCUT2D eigenvalue weighted by Crippen LogP contribution is -2.09. The van der Waals surface area contributed by atoms with E-state index >= 15 is 0 Å². The van der Waals surface area contributed by atoms with Crippen LogP contribution in [0.3, 0.4) is 0 Å². The molecule has 0 spiro atoms. The standard InChI is InChI=1S/C17H18BrN3/c1-3-15(12-5-4-6-13(18)9-12)21-14-7-8-16-17(10-14)20-11(2)19-16/h4-10,15,21H,3H2,1-2H3,(H,19,20). The third kappa shape index (κ3) is 3.10. The van der Waals surface area contributed by atoms with Crippen LogP contribution in [0.1, 0.15) is 30.8 Å². The highest BCUT2D eigenvalue weighted by molar-refractivity contribution is 9.10. The van der Waals surface area contributed by atoms with Gasteiger partial charge in [0.25, 0.3) is 0 Å². The van der Waals surface area contributed by atoms with Crippen molar-refractivity contribution in [3.63, 3.8) is 0 Å². The molecule has 21 heavy (non-hydrogen) atoms. The van der Waals surface area contributed by atoms with Gasteiger partial charge in [-0.15, -0.1) is 0 Å². The monoisotopic (exact) mass is 343 g/mol. The Hall–Kier alpha value is -1.81. The topological polar surface area (TPSA) is 40.7 Å². The number of nitrogens with one attached hydrogen (secondary N) is 2. The van der Waals surface area contributed by atoms with Gasteiger partial charge in [0.2, 0.25) is 0 Å². The molecule has 1 aromatic heterocycles. The second-order valence-corrected chi connectivity index (χ2v) is 6.13. The molecule has 2 N–H and O–H groups in total. The maximum Gasteiger partial charge on any atom is 0.104 e. The average Bonchev–Trinajstić information content (AvgIpc) is 2.84. The zero-order valence-electron chi connectivity index (χ0n) is 12.2. The first-order valence-electron chi connectivity index (χ1n) is 7.14. The molecule has 1 unspecified atom stereocenters. The van der Waals surface area contributed by atoms with Crippen LogP contribution in [0, 0.1) is 6.92 Å². The van der Waals surface area contributed by atoms with Crippen LogP contribution in [0.2, 0.25) is 0 Å². The second kappa shape index (κ2) is 5.90. The van der Waals surface area contributed by atoms with E-state index in [4.69, 9.17) is 0 Å². The molecule has 0 saturated heterocycles. The highest BCUT2D eigenvalue weighted by Crippen LogP contribution is 2.26. The first-order chi connectivity index (χ1) is 10.2. The van der Waals surface area contributed by atoms with Crippen LogP contribution in [0.4, 0.5) is 5.69 Å². The van der Waals surface area contributed by atoms with Crippen molar-refractivity contribution in [3.8, 4) is 0 Å². The maximum absolute atomic E-state index is 4.43. The lowest BCUT2D eigenvalue weighted by atomic mass is 10.0. The Morgan fingerprint density at radius 2 is 2.10 bits per heavy atom. The van der Waals surface area contributed by atoms with Gasteiger partial charge in [0, 0.05) is 10.2 Å². The Kier molecular flexibility index (Phi) is 3.97. The fourth-order valence-corrected chi connectivity index (χ4v) is 2.99. The van der Waals surface area contributed by atoms with Gasteiger partial charge in [-0.2, -0.15) is 0 Å². The van der Waals surface area contributed by atoms with Crippen molar-refractivity contribution in [3.05, 3.63) is 58.3 Å². The summed E-state index contributed by atoms with van der Waals surface area (Å²) < 4.78 is 1.11. The molecule has 0 radical (unpaired) electrons. The summed E-state index contributed by atoms with van der Waals surface area (Å²) in [5.41, 5.74) is 4.47. The molecule has 3 rings (SSSR count). The average molecular weight is 344 g/mol. The summed E-state index contributed by atoms with van der Waals surface area (Å²) in [7, 11) is 0. The van der Waals surface area contributed by atoms with Crippen molar-refractivity contribution in [2.24, 2.45) is 0 Å². The molecule has 1 heterocycles.